The zero-order valence-electron chi connectivity index (χ0n) is 9.14. The Balaban J connectivity index is 2.11. The second-order valence-electron chi connectivity index (χ2n) is 3.96. The van der Waals surface area contributed by atoms with Crippen LogP contribution in [0.3, 0.4) is 0 Å². The molecule has 0 radical (unpaired) electrons. The van der Waals surface area contributed by atoms with E-state index >= 15 is 0 Å². The number of methoxy groups -OCH3 is 1. The number of hydrogen-bond donors (Lipinski definition) is 2. The number of hydrogen-bond acceptors (Lipinski definition) is 3. The van der Waals surface area contributed by atoms with E-state index in [1.165, 1.54) is 0 Å². The standard InChI is InChI=1S/C12H15NO3/c1-16-9-4-2-3-8(7-9)10-5-6-11(13-10)12(14)15/h2-4,7,10-11,13H,5-6H2,1H3,(H,14,15). The van der Waals surface area contributed by atoms with E-state index in [1.54, 1.807) is 7.11 Å². The molecule has 0 aromatic heterocycles. The first-order valence-corrected chi connectivity index (χ1v) is 5.33. The van der Waals surface area contributed by atoms with Gasteiger partial charge in [0, 0.05) is 6.04 Å². The Hall–Kier alpha value is -1.55. The van der Waals surface area contributed by atoms with Gasteiger partial charge in [-0.15, -0.1) is 0 Å². The summed E-state index contributed by atoms with van der Waals surface area (Å²) in [6.07, 6.45) is 1.53. The van der Waals surface area contributed by atoms with Crippen molar-refractivity contribution in [2.75, 3.05) is 7.11 Å². The second kappa shape index (κ2) is 4.53. The molecule has 4 nitrogen and oxygen atoms in total. The minimum absolute atomic E-state index is 0.121. The Morgan fingerprint density at radius 1 is 1.50 bits per heavy atom. The predicted octanol–water partition coefficient (Wildman–Crippen LogP) is 1.57. The van der Waals surface area contributed by atoms with Crippen LogP contribution in [0.4, 0.5) is 0 Å². The van der Waals surface area contributed by atoms with Gasteiger partial charge < -0.3 is 9.84 Å². The van der Waals surface area contributed by atoms with Gasteiger partial charge in [0.1, 0.15) is 11.8 Å². The highest BCUT2D eigenvalue weighted by Gasteiger charge is 2.29. The van der Waals surface area contributed by atoms with Gasteiger partial charge in [-0.25, -0.2) is 0 Å². The predicted molar refractivity (Wildman–Crippen MR) is 59.5 cm³/mol. The molecular formula is C12H15NO3. The maximum Gasteiger partial charge on any atom is 0.320 e. The Bertz CT molecular complexity index is 392. The molecule has 0 amide bonds. The lowest BCUT2D eigenvalue weighted by atomic mass is 10.1. The lowest BCUT2D eigenvalue weighted by Crippen LogP contribution is -2.31. The molecule has 4 heteroatoms. The van der Waals surface area contributed by atoms with Crippen LogP contribution < -0.4 is 10.1 Å². The lowest BCUT2D eigenvalue weighted by molar-refractivity contribution is -0.139. The first-order chi connectivity index (χ1) is 7.70. The third-order valence-corrected chi connectivity index (χ3v) is 2.94. The summed E-state index contributed by atoms with van der Waals surface area (Å²) in [5.41, 5.74) is 1.09. The molecule has 1 saturated heterocycles. The number of ether oxygens (including phenoxy) is 1. The van der Waals surface area contributed by atoms with Gasteiger partial charge in [-0.2, -0.15) is 0 Å². The first kappa shape index (κ1) is 11.0. The summed E-state index contributed by atoms with van der Waals surface area (Å²) < 4.78 is 5.14. The van der Waals surface area contributed by atoms with E-state index in [9.17, 15) is 4.79 Å². The van der Waals surface area contributed by atoms with Gasteiger partial charge in [0.15, 0.2) is 0 Å². The van der Waals surface area contributed by atoms with Crippen molar-refractivity contribution in [2.45, 2.75) is 24.9 Å². The van der Waals surface area contributed by atoms with Crippen molar-refractivity contribution in [3.63, 3.8) is 0 Å². The summed E-state index contributed by atoms with van der Waals surface area (Å²) in [6.45, 7) is 0. The Morgan fingerprint density at radius 2 is 2.31 bits per heavy atom. The van der Waals surface area contributed by atoms with Crippen LogP contribution in [0.5, 0.6) is 5.75 Å². The zero-order valence-corrected chi connectivity index (χ0v) is 9.14. The molecule has 2 rings (SSSR count). The molecule has 0 aliphatic carbocycles. The van der Waals surface area contributed by atoms with Crippen LogP contribution in [0.2, 0.25) is 0 Å². The van der Waals surface area contributed by atoms with E-state index in [0.717, 1.165) is 17.7 Å². The second-order valence-corrected chi connectivity index (χ2v) is 3.96. The topological polar surface area (TPSA) is 58.6 Å². The molecule has 0 saturated carbocycles. The highest BCUT2D eigenvalue weighted by Crippen LogP contribution is 2.28. The molecule has 1 aromatic rings. The summed E-state index contributed by atoms with van der Waals surface area (Å²) in [7, 11) is 1.63. The lowest BCUT2D eigenvalue weighted by Gasteiger charge is -2.13. The van der Waals surface area contributed by atoms with Crippen molar-refractivity contribution in [1.82, 2.24) is 5.32 Å². The Labute approximate surface area is 94.2 Å². The van der Waals surface area contributed by atoms with E-state index in [-0.39, 0.29) is 6.04 Å². The molecule has 16 heavy (non-hydrogen) atoms. The van der Waals surface area contributed by atoms with Crippen LogP contribution in [-0.2, 0) is 4.79 Å². The molecular weight excluding hydrogens is 206 g/mol. The largest absolute Gasteiger partial charge is 0.497 e. The van der Waals surface area contributed by atoms with E-state index < -0.39 is 12.0 Å². The van der Waals surface area contributed by atoms with Crippen molar-refractivity contribution in [3.05, 3.63) is 29.8 Å². The maximum atomic E-state index is 10.8. The average molecular weight is 221 g/mol. The normalized spacial score (nSPS) is 24.3. The minimum Gasteiger partial charge on any atom is -0.497 e. The van der Waals surface area contributed by atoms with Gasteiger partial charge in [0.05, 0.1) is 7.11 Å². The summed E-state index contributed by atoms with van der Waals surface area (Å²) in [6, 6.07) is 7.44. The van der Waals surface area contributed by atoms with Gasteiger partial charge in [-0.1, -0.05) is 12.1 Å². The summed E-state index contributed by atoms with van der Waals surface area (Å²) >= 11 is 0. The number of nitrogens with one attached hydrogen (secondary N) is 1. The van der Waals surface area contributed by atoms with Gasteiger partial charge in [-0.3, -0.25) is 10.1 Å². The third kappa shape index (κ3) is 2.17. The van der Waals surface area contributed by atoms with Crippen molar-refractivity contribution in [3.8, 4) is 5.75 Å². The number of aliphatic carboxylic acids is 1. The fourth-order valence-corrected chi connectivity index (χ4v) is 2.06. The van der Waals surface area contributed by atoms with Crippen molar-refractivity contribution in [1.29, 1.82) is 0 Å². The number of benzene rings is 1. The summed E-state index contributed by atoms with van der Waals surface area (Å²) in [5, 5.41) is 12.0. The quantitative estimate of drug-likeness (QED) is 0.813. The van der Waals surface area contributed by atoms with E-state index in [0.29, 0.717) is 6.42 Å². The molecule has 0 spiro atoms. The fraction of sp³-hybridized carbons (Fsp3) is 0.417. The molecule has 2 atom stereocenters. The third-order valence-electron chi connectivity index (χ3n) is 2.94. The van der Waals surface area contributed by atoms with Crippen molar-refractivity contribution in [2.24, 2.45) is 0 Å². The molecule has 1 aliphatic rings. The maximum absolute atomic E-state index is 10.8. The van der Waals surface area contributed by atoms with Crippen LogP contribution in [0, 0.1) is 0 Å². The van der Waals surface area contributed by atoms with Crippen LogP contribution in [0.1, 0.15) is 24.4 Å². The minimum atomic E-state index is -0.773. The monoisotopic (exact) mass is 221 g/mol. The number of rotatable bonds is 3. The van der Waals surface area contributed by atoms with Crippen molar-refractivity contribution >= 4 is 5.97 Å². The summed E-state index contributed by atoms with van der Waals surface area (Å²) in [4.78, 5) is 10.8. The average Bonchev–Trinajstić information content (AvgIpc) is 2.78. The van der Waals surface area contributed by atoms with Gasteiger partial charge in [0.25, 0.3) is 0 Å². The van der Waals surface area contributed by atoms with Crippen molar-refractivity contribution < 1.29 is 14.6 Å². The number of carboxylic acids is 1. The van der Waals surface area contributed by atoms with E-state index in [4.69, 9.17) is 9.84 Å². The molecule has 86 valence electrons. The zero-order chi connectivity index (χ0) is 11.5. The van der Waals surface area contributed by atoms with E-state index in [1.807, 2.05) is 24.3 Å². The van der Waals surface area contributed by atoms with Gasteiger partial charge in [0.2, 0.25) is 0 Å². The Kier molecular flexibility index (Phi) is 3.10. The van der Waals surface area contributed by atoms with Gasteiger partial charge >= 0.3 is 5.97 Å². The highest BCUT2D eigenvalue weighted by atomic mass is 16.5. The molecule has 2 N–H and O–H groups in total. The van der Waals surface area contributed by atoms with Gasteiger partial charge in [-0.05, 0) is 30.5 Å². The SMILES string of the molecule is COc1cccc(C2CCC(C(=O)O)N2)c1. The fourth-order valence-electron chi connectivity index (χ4n) is 2.06. The number of carbonyl (C=O) groups is 1. The number of carboxylic acid groups (broad SMARTS) is 1. The first-order valence-electron chi connectivity index (χ1n) is 5.33. The highest BCUT2D eigenvalue weighted by molar-refractivity contribution is 5.73. The molecule has 0 bridgehead atoms. The van der Waals surface area contributed by atoms with Crippen LogP contribution >= 0.6 is 0 Å². The molecule has 1 aromatic carbocycles. The molecule has 1 fully saturated rings. The smallest absolute Gasteiger partial charge is 0.320 e. The Morgan fingerprint density at radius 3 is 2.94 bits per heavy atom. The summed E-state index contributed by atoms with van der Waals surface area (Å²) in [5.74, 6) is 0.0310. The van der Waals surface area contributed by atoms with E-state index in [2.05, 4.69) is 5.32 Å². The molecule has 2 unspecified atom stereocenters. The molecule has 1 heterocycles. The van der Waals surface area contributed by atoms with Crippen LogP contribution in [-0.4, -0.2) is 24.2 Å². The van der Waals surface area contributed by atoms with Crippen LogP contribution in [0.15, 0.2) is 24.3 Å². The molecule has 1 aliphatic heterocycles. The van der Waals surface area contributed by atoms with Crippen LogP contribution in [0.25, 0.3) is 0 Å².